The Hall–Kier alpha value is -2.31. The van der Waals surface area contributed by atoms with E-state index >= 15 is 0 Å². The van der Waals surface area contributed by atoms with Gasteiger partial charge in [0, 0.05) is 36.7 Å². The SMILES string of the molecule is CC(F)(F)c1cc(-c2ccc(S(=O)(=O)Cl)s2)no1.CC(F)(F)c1cc(-c2ccc(S(=O)(=O)O)s2)no1. The molecule has 4 aromatic heterocycles. The first-order valence-corrected chi connectivity index (χ1v) is 14.6. The first-order chi connectivity index (χ1) is 16.4. The summed E-state index contributed by atoms with van der Waals surface area (Å²) in [5.41, 5.74) is 0.231. The Morgan fingerprint density at radius 1 is 0.806 bits per heavy atom. The molecule has 196 valence electrons. The van der Waals surface area contributed by atoms with Gasteiger partial charge in [-0.25, -0.2) is 8.42 Å². The van der Waals surface area contributed by atoms with Crippen molar-refractivity contribution in [3.05, 3.63) is 47.9 Å². The number of hydrogen-bond donors (Lipinski definition) is 1. The summed E-state index contributed by atoms with van der Waals surface area (Å²) in [4.78, 5) is 0.690. The van der Waals surface area contributed by atoms with Crippen molar-refractivity contribution in [2.75, 3.05) is 0 Å². The van der Waals surface area contributed by atoms with Gasteiger partial charge in [0.05, 0.1) is 9.75 Å². The van der Waals surface area contributed by atoms with Crippen molar-refractivity contribution in [1.82, 2.24) is 10.3 Å². The summed E-state index contributed by atoms with van der Waals surface area (Å²) in [6.07, 6.45) is 0. The lowest BCUT2D eigenvalue weighted by Gasteiger charge is -2.02. The summed E-state index contributed by atoms with van der Waals surface area (Å²) in [6, 6.07) is 7.31. The third kappa shape index (κ3) is 6.92. The van der Waals surface area contributed by atoms with Crippen molar-refractivity contribution in [3.63, 3.8) is 0 Å². The molecule has 4 rings (SSSR count). The zero-order valence-corrected chi connectivity index (χ0v) is 21.8. The van der Waals surface area contributed by atoms with E-state index in [2.05, 4.69) is 19.4 Å². The van der Waals surface area contributed by atoms with Crippen LogP contribution in [0.25, 0.3) is 21.1 Å². The zero-order chi connectivity index (χ0) is 27.1. The van der Waals surface area contributed by atoms with Crippen molar-refractivity contribution in [2.24, 2.45) is 0 Å². The van der Waals surface area contributed by atoms with Gasteiger partial charge in [0.2, 0.25) is 11.5 Å². The van der Waals surface area contributed by atoms with Crippen LogP contribution in [0.5, 0.6) is 0 Å². The number of hydrogen-bond acceptors (Lipinski definition) is 10. The van der Waals surface area contributed by atoms with Crippen LogP contribution in [0.15, 0.2) is 53.9 Å². The minimum absolute atomic E-state index is 0.0769. The lowest BCUT2D eigenvalue weighted by Crippen LogP contribution is -2.04. The molecule has 0 unspecified atom stereocenters. The van der Waals surface area contributed by atoms with E-state index in [1.807, 2.05) is 0 Å². The number of rotatable bonds is 6. The summed E-state index contributed by atoms with van der Waals surface area (Å²) in [7, 11) is -2.97. The van der Waals surface area contributed by atoms with Gasteiger partial charge in [-0.15, -0.1) is 22.7 Å². The highest BCUT2D eigenvalue weighted by Crippen LogP contribution is 2.36. The number of halogens is 5. The van der Waals surface area contributed by atoms with E-state index in [4.69, 9.17) is 15.2 Å². The van der Waals surface area contributed by atoms with Gasteiger partial charge >= 0.3 is 22.0 Å². The fraction of sp³-hybridized carbons (Fsp3) is 0.222. The molecule has 0 saturated heterocycles. The fourth-order valence-corrected chi connectivity index (χ4v) is 6.03. The molecule has 4 heterocycles. The molecule has 0 fully saturated rings. The molecule has 1 N–H and O–H groups in total. The van der Waals surface area contributed by atoms with Crippen LogP contribution >= 0.6 is 33.4 Å². The van der Waals surface area contributed by atoms with Crippen LogP contribution in [0.2, 0.25) is 0 Å². The van der Waals surface area contributed by atoms with Crippen molar-refractivity contribution < 1.29 is 48.0 Å². The Balaban J connectivity index is 0.000000201. The molecular weight excluding hydrogens is 596 g/mol. The summed E-state index contributed by atoms with van der Waals surface area (Å²) < 4.78 is 113. The quantitative estimate of drug-likeness (QED) is 0.154. The molecule has 0 amide bonds. The first-order valence-electron chi connectivity index (χ1n) is 9.18. The van der Waals surface area contributed by atoms with Crippen LogP contribution in [-0.2, 0) is 31.0 Å². The van der Waals surface area contributed by atoms with Crippen LogP contribution in [0.1, 0.15) is 25.4 Å². The number of alkyl halides is 4. The summed E-state index contributed by atoms with van der Waals surface area (Å²) in [5.74, 6) is -7.49. The van der Waals surface area contributed by atoms with Gasteiger partial charge in [-0.2, -0.15) is 26.0 Å². The number of nitrogens with zero attached hydrogens (tertiary/aromatic N) is 2. The maximum Gasteiger partial charge on any atom is 0.304 e. The normalized spacial score (nSPS) is 12.9. The minimum atomic E-state index is -4.30. The molecule has 0 aliphatic heterocycles. The van der Waals surface area contributed by atoms with Crippen molar-refractivity contribution in [2.45, 2.75) is 34.1 Å². The van der Waals surface area contributed by atoms with E-state index in [1.165, 1.54) is 18.2 Å². The summed E-state index contributed by atoms with van der Waals surface area (Å²) in [5, 5.41) is 6.89. The van der Waals surface area contributed by atoms with Crippen LogP contribution in [-0.4, -0.2) is 31.7 Å². The smallest absolute Gasteiger partial charge is 0.304 e. The number of aromatic nitrogens is 2. The van der Waals surface area contributed by atoms with Gasteiger partial charge in [0.15, 0.2) is 0 Å². The van der Waals surface area contributed by atoms with E-state index in [0.29, 0.717) is 34.9 Å². The van der Waals surface area contributed by atoms with Crippen LogP contribution in [0, 0.1) is 0 Å². The Labute approximate surface area is 213 Å². The highest BCUT2D eigenvalue weighted by atomic mass is 35.7. The van der Waals surface area contributed by atoms with Crippen LogP contribution in [0.4, 0.5) is 17.6 Å². The van der Waals surface area contributed by atoms with Crippen molar-refractivity contribution in [1.29, 1.82) is 0 Å². The molecule has 0 atom stereocenters. The molecule has 9 nitrogen and oxygen atoms in total. The zero-order valence-electron chi connectivity index (χ0n) is 17.8. The van der Waals surface area contributed by atoms with E-state index in [-0.39, 0.29) is 19.8 Å². The molecule has 0 aliphatic carbocycles. The van der Waals surface area contributed by atoms with Gasteiger partial charge in [-0.05, 0) is 24.3 Å². The van der Waals surface area contributed by atoms with Gasteiger partial charge in [0.1, 0.15) is 19.8 Å². The molecule has 0 spiro atoms. The molecular formula is C18H13ClF4N2O7S4. The molecule has 18 heteroatoms. The largest absolute Gasteiger partial charge is 0.354 e. The maximum atomic E-state index is 12.9. The average Bonchev–Trinajstić information content (AvgIpc) is 3.53. The second-order valence-corrected chi connectivity index (χ2v) is 13.7. The van der Waals surface area contributed by atoms with Crippen molar-refractivity contribution in [3.8, 4) is 21.1 Å². The van der Waals surface area contributed by atoms with E-state index in [0.717, 1.165) is 29.5 Å². The molecule has 36 heavy (non-hydrogen) atoms. The minimum Gasteiger partial charge on any atom is -0.354 e. The van der Waals surface area contributed by atoms with Gasteiger partial charge < -0.3 is 9.05 Å². The Morgan fingerprint density at radius 2 is 1.19 bits per heavy atom. The Kier molecular flexibility index (Phi) is 7.74. The van der Waals surface area contributed by atoms with Gasteiger partial charge in [0.25, 0.3) is 9.05 Å². The maximum absolute atomic E-state index is 12.9. The molecule has 0 radical (unpaired) electrons. The third-order valence-corrected chi connectivity index (χ3v) is 9.68. The topological polar surface area (TPSA) is 141 Å². The molecule has 0 bridgehead atoms. The highest BCUT2D eigenvalue weighted by molar-refractivity contribution is 8.15. The summed E-state index contributed by atoms with van der Waals surface area (Å²) >= 11 is 1.54. The lowest BCUT2D eigenvalue weighted by molar-refractivity contribution is -0.0109. The third-order valence-electron chi connectivity index (χ3n) is 4.05. The van der Waals surface area contributed by atoms with Gasteiger partial charge in [-0.3, -0.25) is 4.55 Å². The van der Waals surface area contributed by atoms with Gasteiger partial charge in [-0.1, -0.05) is 10.3 Å². The average molecular weight is 609 g/mol. The van der Waals surface area contributed by atoms with E-state index in [1.54, 1.807) is 0 Å². The Bertz CT molecular complexity index is 1460. The molecule has 0 saturated carbocycles. The second-order valence-electron chi connectivity index (χ2n) is 7.08. The molecule has 0 aromatic carbocycles. The monoisotopic (exact) mass is 608 g/mol. The van der Waals surface area contributed by atoms with Crippen molar-refractivity contribution >= 4 is 52.5 Å². The molecule has 4 aromatic rings. The molecule has 0 aliphatic rings. The Morgan fingerprint density at radius 3 is 1.47 bits per heavy atom. The summed E-state index contributed by atoms with van der Waals surface area (Å²) in [6.45, 7) is 1.34. The standard InChI is InChI=1S/C9H6ClF2NO3S2.C9H7F2NO4S2/c1-9(11,12)7-4-5(13-16-7)6-2-3-8(17-6)18(10,14)15;1-9(10,11)7-4-5(12-16-7)6-2-3-8(17-6)18(13,14)15/h2-4H,1H3;2-4H,1H3,(H,13,14,15). The van der Waals surface area contributed by atoms with E-state index < -0.39 is 42.5 Å². The first kappa shape index (κ1) is 28.3. The van der Waals surface area contributed by atoms with Crippen LogP contribution in [0.3, 0.4) is 0 Å². The van der Waals surface area contributed by atoms with E-state index in [9.17, 15) is 34.4 Å². The number of thiophene rings is 2. The predicted molar refractivity (Wildman–Crippen MR) is 122 cm³/mol. The highest BCUT2D eigenvalue weighted by Gasteiger charge is 2.31. The van der Waals surface area contributed by atoms with Crippen LogP contribution < -0.4 is 0 Å². The predicted octanol–water partition coefficient (Wildman–Crippen LogP) is 6.20. The fourth-order valence-electron chi connectivity index (χ4n) is 2.38. The lowest BCUT2D eigenvalue weighted by atomic mass is 10.2. The second kappa shape index (κ2) is 9.86.